The lowest BCUT2D eigenvalue weighted by Crippen LogP contribution is -2.20. The van der Waals surface area contributed by atoms with E-state index >= 15 is 0 Å². The second-order valence-corrected chi connectivity index (χ2v) is 4.61. The zero-order valence-corrected chi connectivity index (χ0v) is 11.4. The predicted octanol–water partition coefficient (Wildman–Crippen LogP) is 0.700. The number of benzene rings is 1. The Morgan fingerprint density at radius 1 is 1.18 bits per heavy atom. The van der Waals surface area contributed by atoms with Crippen LogP contribution in [0.2, 0.25) is 0 Å². The monoisotopic (exact) mass is 294 g/mol. The van der Waals surface area contributed by atoms with Crippen molar-refractivity contribution in [2.75, 3.05) is 0 Å². The third kappa shape index (κ3) is 2.91. The van der Waals surface area contributed by atoms with Crippen molar-refractivity contribution in [1.29, 1.82) is 5.26 Å². The van der Waals surface area contributed by atoms with E-state index in [4.69, 9.17) is 20.0 Å². The van der Waals surface area contributed by atoms with Gasteiger partial charge in [-0.3, -0.25) is 0 Å². The Labute approximate surface area is 126 Å². The molecule has 0 saturated carbocycles. The molecule has 2 N–H and O–H groups in total. The number of hydrogen-bond donors (Lipinski definition) is 2. The van der Waals surface area contributed by atoms with Crippen molar-refractivity contribution in [2.45, 2.75) is 6.54 Å². The lowest BCUT2D eigenvalue weighted by atomic mass is 10.2. The number of fused-ring (bicyclic) bond motifs is 1. The second-order valence-electron chi connectivity index (χ2n) is 4.61. The molecule has 8 heteroatoms. The van der Waals surface area contributed by atoms with E-state index in [-0.39, 0.29) is 0 Å². The fourth-order valence-corrected chi connectivity index (χ4v) is 2.11. The third-order valence-corrected chi connectivity index (χ3v) is 3.10. The molecule has 0 unspecified atom stereocenters. The first-order valence-electron chi connectivity index (χ1n) is 6.49. The molecule has 108 valence electrons. The summed E-state index contributed by atoms with van der Waals surface area (Å²) in [6, 6.07) is 12.3. The number of aromatic nitrogens is 3. The molecule has 0 spiro atoms. The van der Waals surface area contributed by atoms with Crippen LogP contribution in [0.5, 0.6) is 5.75 Å². The minimum atomic E-state index is -1.84. The van der Waals surface area contributed by atoms with E-state index in [9.17, 15) is 0 Å². The van der Waals surface area contributed by atoms with Gasteiger partial charge in [-0.15, -0.1) is 0 Å². The summed E-state index contributed by atoms with van der Waals surface area (Å²) in [5, 5.41) is 26.4. The summed E-state index contributed by atoms with van der Waals surface area (Å²) in [7, 11) is -1.84. The first-order chi connectivity index (χ1) is 10.7. The van der Waals surface area contributed by atoms with E-state index in [1.54, 1.807) is 42.7 Å². The molecular formula is C14H11BN4O3. The molecule has 0 radical (unpaired) electrons. The van der Waals surface area contributed by atoms with Crippen molar-refractivity contribution in [3.8, 4) is 11.8 Å². The van der Waals surface area contributed by atoms with Crippen LogP contribution in [0.3, 0.4) is 0 Å². The van der Waals surface area contributed by atoms with Crippen LogP contribution in [0, 0.1) is 11.3 Å². The van der Waals surface area contributed by atoms with Crippen LogP contribution in [0.25, 0.3) is 11.2 Å². The number of nitrogens with zero attached hydrogens (tertiary/aromatic N) is 4. The van der Waals surface area contributed by atoms with Crippen molar-refractivity contribution < 1.29 is 14.7 Å². The first-order valence-corrected chi connectivity index (χ1v) is 6.49. The fraction of sp³-hybridized carbons (Fsp3) is 0.0714. The maximum atomic E-state index is 8.92. The van der Waals surface area contributed by atoms with Crippen LogP contribution in [0.4, 0.5) is 0 Å². The van der Waals surface area contributed by atoms with Gasteiger partial charge in [-0.25, -0.2) is 9.97 Å². The highest BCUT2D eigenvalue weighted by atomic mass is 16.6. The van der Waals surface area contributed by atoms with Crippen molar-refractivity contribution in [2.24, 2.45) is 0 Å². The Hall–Kier alpha value is -2.89. The van der Waals surface area contributed by atoms with Gasteiger partial charge in [0.05, 0.1) is 12.9 Å². The molecule has 3 rings (SSSR count). The minimum Gasteiger partial charge on any atom is -0.512 e. The highest BCUT2D eigenvalue weighted by Gasteiger charge is 2.11. The molecule has 0 amide bonds. The summed E-state index contributed by atoms with van der Waals surface area (Å²) in [5.74, 6) is 0.360. The molecule has 22 heavy (non-hydrogen) atoms. The molecule has 0 fully saturated rings. The molecule has 0 saturated heterocycles. The van der Waals surface area contributed by atoms with Crippen LogP contribution < -0.4 is 4.65 Å². The zero-order valence-electron chi connectivity index (χ0n) is 11.4. The third-order valence-electron chi connectivity index (χ3n) is 3.10. The van der Waals surface area contributed by atoms with Gasteiger partial charge in [0.25, 0.3) is 0 Å². The van der Waals surface area contributed by atoms with Crippen LogP contribution in [0.1, 0.15) is 11.3 Å². The van der Waals surface area contributed by atoms with Gasteiger partial charge in [0.1, 0.15) is 23.0 Å². The lowest BCUT2D eigenvalue weighted by Gasteiger charge is -2.07. The van der Waals surface area contributed by atoms with Crippen LogP contribution in [-0.2, 0) is 6.54 Å². The van der Waals surface area contributed by atoms with Gasteiger partial charge in [0.2, 0.25) is 0 Å². The first kappa shape index (κ1) is 14.1. The van der Waals surface area contributed by atoms with Gasteiger partial charge in [0, 0.05) is 0 Å². The van der Waals surface area contributed by atoms with Crippen molar-refractivity contribution in [1.82, 2.24) is 14.5 Å². The van der Waals surface area contributed by atoms with E-state index in [2.05, 4.69) is 9.97 Å². The molecule has 2 heterocycles. The molecule has 0 aliphatic heterocycles. The molecule has 7 nitrogen and oxygen atoms in total. The fourth-order valence-electron chi connectivity index (χ4n) is 2.11. The summed E-state index contributed by atoms with van der Waals surface area (Å²) in [5.41, 5.74) is 2.67. The molecule has 3 aromatic rings. The molecule has 0 atom stereocenters. The average molecular weight is 294 g/mol. The number of nitriles is 1. The largest absolute Gasteiger partial charge is 0.707 e. The van der Waals surface area contributed by atoms with E-state index in [0.717, 1.165) is 11.1 Å². The second kappa shape index (κ2) is 5.85. The molecule has 2 aromatic heterocycles. The highest BCUT2D eigenvalue weighted by Crippen LogP contribution is 2.16. The Morgan fingerprint density at radius 2 is 1.95 bits per heavy atom. The number of rotatable bonds is 4. The summed E-state index contributed by atoms with van der Waals surface area (Å²) in [6.07, 6.45) is 1.67. The Kier molecular flexibility index (Phi) is 3.74. The van der Waals surface area contributed by atoms with E-state index < -0.39 is 7.32 Å². The van der Waals surface area contributed by atoms with E-state index in [0.29, 0.717) is 23.6 Å². The van der Waals surface area contributed by atoms with Crippen LogP contribution in [-0.4, -0.2) is 31.9 Å². The maximum Gasteiger partial charge on any atom is 0.707 e. The van der Waals surface area contributed by atoms with Crippen LogP contribution in [0.15, 0.2) is 42.7 Å². The molecule has 1 aromatic carbocycles. The standard InChI is InChI=1S/C14H11BN4O3/c16-7-11-3-6-13-14(18-11)19(9-17-13)8-10-1-4-12(5-2-10)22-15(20)21/h1-6,9,20-21H,8H2. The van der Waals surface area contributed by atoms with E-state index in [1.807, 2.05) is 10.6 Å². The van der Waals surface area contributed by atoms with Gasteiger partial charge in [-0.2, -0.15) is 5.26 Å². The number of pyridine rings is 1. The Bertz CT molecular complexity index is 839. The lowest BCUT2D eigenvalue weighted by molar-refractivity contribution is 0.288. The van der Waals surface area contributed by atoms with Crippen molar-refractivity contribution in [3.63, 3.8) is 0 Å². The number of imidazole rings is 1. The van der Waals surface area contributed by atoms with E-state index in [1.165, 1.54) is 0 Å². The van der Waals surface area contributed by atoms with Gasteiger partial charge in [-0.1, -0.05) is 12.1 Å². The summed E-state index contributed by atoms with van der Waals surface area (Å²) < 4.78 is 6.59. The van der Waals surface area contributed by atoms with Gasteiger partial charge < -0.3 is 19.3 Å². The number of hydrogen-bond acceptors (Lipinski definition) is 6. The molecule has 0 aliphatic carbocycles. The zero-order chi connectivity index (χ0) is 15.5. The van der Waals surface area contributed by atoms with Crippen molar-refractivity contribution >= 4 is 18.5 Å². The predicted molar refractivity (Wildman–Crippen MR) is 78.6 cm³/mol. The van der Waals surface area contributed by atoms with Gasteiger partial charge in [0.15, 0.2) is 5.65 Å². The molecule has 0 aliphatic rings. The Balaban J connectivity index is 1.85. The Morgan fingerprint density at radius 3 is 2.64 bits per heavy atom. The quantitative estimate of drug-likeness (QED) is 0.686. The summed E-state index contributed by atoms with van der Waals surface area (Å²) >= 11 is 0. The normalized spacial score (nSPS) is 10.4. The highest BCUT2D eigenvalue weighted by molar-refractivity contribution is 6.33. The smallest absolute Gasteiger partial charge is 0.512 e. The molecular weight excluding hydrogens is 283 g/mol. The summed E-state index contributed by atoms with van der Waals surface area (Å²) in [6.45, 7) is 0.528. The average Bonchev–Trinajstić information content (AvgIpc) is 2.91. The minimum absolute atomic E-state index is 0.343. The summed E-state index contributed by atoms with van der Waals surface area (Å²) in [4.78, 5) is 8.50. The van der Waals surface area contributed by atoms with Crippen molar-refractivity contribution in [3.05, 3.63) is 54.0 Å². The van der Waals surface area contributed by atoms with Gasteiger partial charge in [-0.05, 0) is 29.8 Å². The topological polar surface area (TPSA) is 104 Å². The molecule has 0 bridgehead atoms. The SMILES string of the molecule is N#Cc1ccc2ncn(Cc3ccc(OB(O)O)cc3)c2n1. The maximum absolute atomic E-state index is 8.92. The van der Waals surface area contributed by atoms with Gasteiger partial charge >= 0.3 is 7.32 Å². The van der Waals surface area contributed by atoms with Crippen LogP contribution >= 0.6 is 0 Å².